The van der Waals surface area contributed by atoms with E-state index in [4.69, 9.17) is 16.7 Å². The van der Waals surface area contributed by atoms with Gasteiger partial charge in [0, 0.05) is 30.6 Å². The molecule has 0 bridgehead atoms. The minimum atomic E-state index is -1.04. The lowest BCUT2D eigenvalue weighted by Crippen LogP contribution is -2.31. The first-order chi connectivity index (χ1) is 9.50. The van der Waals surface area contributed by atoms with Crippen LogP contribution in [0.15, 0.2) is 29.8 Å². The molecule has 2 heterocycles. The van der Waals surface area contributed by atoms with Gasteiger partial charge in [0.2, 0.25) is 0 Å². The fourth-order valence-corrected chi connectivity index (χ4v) is 3.06. The number of aromatic nitrogens is 1. The minimum Gasteiger partial charge on any atom is -0.478 e. The van der Waals surface area contributed by atoms with E-state index in [2.05, 4.69) is 18.0 Å². The molecular formula is C14H15ClN2O2S. The number of aromatic carboxylic acids is 1. The van der Waals surface area contributed by atoms with Crippen molar-refractivity contribution in [2.75, 3.05) is 11.9 Å². The summed E-state index contributed by atoms with van der Waals surface area (Å²) in [4.78, 5) is 18.5. The Morgan fingerprint density at radius 2 is 2.30 bits per heavy atom. The fourth-order valence-electron chi connectivity index (χ4n) is 1.91. The van der Waals surface area contributed by atoms with Gasteiger partial charge in [-0.1, -0.05) is 17.7 Å². The first-order valence-corrected chi connectivity index (χ1v) is 7.39. The Hall–Kier alpha value is -1.59. The molecule has 0 aliphatic carbocycles. The molecule has 2 rings (SSSR count). The van der Waals surface area contributed by atoms with E-state index in [0.717, 1.165) is 6.42 Å². The van der Waals surface area contributed by atoms with E-state index in [0.29, 0.717) is 5.82 Å². The lowest BCUT2D eigenvalue weighted by Gasteiger charge is -2.26. The zero-order chi connectivity index (χ0) is 14.7. The first-order valence-electron chi connectivity index (χ1n) is 6.13. The molecule has 0 aliphatic heterocycles. The lowest BCUT2D eigenvalue weighted by atomic mass is 10.1. The number of thiophene rings is 1. The average molecular weight is 311 g/mol. The molecule has 4 nitrogen and oxygen atoms in total. The second kappa shape index (κ2) is 6.24. The molecule has 0 spiro atoms. The number of hydrogen-bond acceptors (Lipinski definition) is 4. The van der Waals surface area contributed by atoms with Gasteiger partial charge in [-0.15, -0.1) is 11.3 Å². The highest BCUT2D eigenvalue weighted by atomic mass is 35.5. The van der Waals surface area contributed by atoms with Gasteiger partial charge in [0.05, 0.1) is 10.6 Å². The van der Waals surface area contributed by atoms with E-state index in [9.17, 15) is 4.79 Å². The summed E-state index contributed by atoms with van der Waals surface area (Å²) < 4.78 is 0. The Kier molecular flexibility index (Phi) is 4.62. The quantitative estimate of drug-likeness (QED) is 0.917. The van der Waals surface area contributed by atoms with Gasteiger partial charge in [0.25, 0.3) is 0 Å². The van der Waals surface area contributed by atoms with Crippen molar-refractivity contribution in [2.45, 2.75) is 19.4 Å². The van der Waals surface area contributed by atoms with Crippen LogP contribution in [0.5, 0.6) is 0 Å². The van der Waals surface area contributed by atoms with Crippen LogP contribution in [0.3, 0.4) is 0 Å². The molecule has 0 saturated heterocycles. The van der Waals surface area contributed by atoms with Crippen molar-refractivity contribution < 1.29 is 9.90 Å². The van der Waals surface area contributed by atoms with Gasteiger partial charge in [0.1, 0.15) is 5.82 Å². The number of pyridine rings is 1. The molecule has 0 amide bonds. The van der Waals surface area contributed by atoms with Crippen molar-refractivity contribution in [2.24, 2.45) is 0 Å². The maximum Gasteiger partial charge on any atom is 0.337 e. The van der Waals surface area contributed by atoms with Crippen molar-refractivity contribution in [3.8, 4) is 0 Å². The second-order valence-electron chi connectivity index (χ2n) is 4.54. The van der Waals surface area contributed by atoms with Gasteiger partial charge in [-0.25, -0.2) is 9.78 Å². The highest BCUT2D eigenvalue weighted by Gasteiger charge is 2.19. The molecule has 6 heteroatoms. The van der Waals surface area contributed by atoms with Crippen molar-refractivity contribution in [3.63, 3.8) is 0 Å². The minimum absolute atomic E-state index is 0.0758. The van der Waals surface area contributed by atoms with E-state index in [1.165, 1.54) is 17.1 Å². The van der Waals surface area contributed by atoms with Crippen LogP contribution in [0.1, 0.15) is 22.2 Å². The number of hydrogen-bond donors (Lipinski definition) is 1. The monoisotopic (exact) mass is 310 g/mol. The van der Waals surface area contributed by atoms with E-state index < -0.39 is 5.97 Å². The van der Waals surface area contributed by atoms with Crippen LogP contribution in [0.25, 0.3) is 0 Å². The third-order valence-electron chi connectivity index (χ3n) is 3.17. The molecule has 106 valence electrons. The van der Waals surface area contributed by atoms with Crippen LogP contribution in [-0.4, -0.2) is 29.1 Å². The Labute approximate surface area is 126 Å². The maximum absolute atomic E-state index is 11.1. The van der Waals surface area contributed by atoms with Crippen LogP contribution in [0.4, 0.5) is 5.82 Å². The third-order valence-corrected chi connectivity index (χ3v) is 4.44. The summed E-state index contributed by atoms with van der Waals surface area (Å²) in [5.74, 6) is -0.548. The normalized spacial score (nSPS) is 12.2. The summed E-state index contributed by atoms with van der Waals surface area (Å²) in [6.45, 7) is 2.06. The van der Waals surface area contributed by atoms with Gasteiger partial charge < -0.3 is 10.0 Å². The summed E-state index contributed by atoms with van der Waals surface area (Å²) in [5.41, 5.74) is 0.0758. The van der Waals surface area contributed by atoms with Crippen molar-refractivity contribution in [3.05, 3.63) is 45.2 Å². The molecule has 0 radical (unpaired) electrons. The van der Waals surface area contributed by atoms with Crippen LogP contribution in [-0.2, 0) is 6.42 Å². The van der Waals surface area contributed by atoms with Crippen LogP contribution < -0.4 is 4.90 Å². The predicted molar refractivity (Wildman–Crippen MR) is 82.1 cm³/mol. The summed E-state index contributed by atoms with van der Waals surface area (Å²) >= 11 is 7.84. The molecule has 1 N–H and O–H groups in total. The summed E-state index contributed by atoms with van der Waals surface area (Å²) in [5, 5.41) is 11.3. The molecule has 1 unspecified atom stereocenters. The van der Waals surface area contributed by atoms with Crippen LogP contribution >= 0.6 is 22.9 Å². The highest BCUT2D eigenvalue weighted by molar-refractivity contribution is 7.09. The van der Waals surface area contributed by atoms with E-state index in [-0.39, 0.29) is 16.6 Å². The Balaban J connectivity index is 2.22. The Morgan fingerprint density at radius 1 is 1.55 bits per heavy atom. The zero-order valence-corrected chi connectivity index (χ0v) is 12.8. The topological polar surface area (TPSA) is 53.4 Å². The number of anilines is 1. The summed E-state index contributed by atoms with van der Waals surface area (Å²) in [7, 11) is 1.87. The number of nitrogens with zero attached hydrogens (tertiary/aromatic N) is 2. The molecule has 2 aromatic heterocycles. The van der Waals surface area contributed by atoms with Gasteiger partial charge in [-0.3, -0.25) is 0 Å². The van der Waals surface area contributed by atoms with Crippen molar-refractivity contribution in [1.82, 2.24) is 4.98 Å². The first kappa shape index (κ1) is 14.8. The highest BCUT2D eigenvalue weighted by Crippen LogP contribution is 2.28. The largest absolute Gasteiger partial charge is 0.478 e. The summed E-state index contributed by atoms with van der Waals surface area (Å²) in [6.07, 6.45) is 2.34. The smallest absolute Gasteiger partial charge is 0.337 e. The number of carboxylic acids is 1. The Morgan fingerprint density at radius 3 is 2.90 bits per heavy atom. The number of halogens is 1. The lowest BCUT2D eigenvalue weighted by molar-refractivity contribution is 0.0697. The van der Waals surface area contributed by atoms with E-state index in [1.54, 1.807) is 11.3 Å². The number of carboxylic acid groups (broad SMARTS) is 1. The molecule has 0 aliphatic rings. The molecule has 2 aromatic rings. The standard InChI is InChI=1S/C14H15ClN2O2S/c1-9(8-10-4-3-7-20-10)17(2)13-12(15)11(14(18)19)5-6-16-13/h3-7,9H,8H2,1-2H3,(H,18,19). The molecule has 0 fully saturated rings. The number of likely N-dealkylation sites (N-methyl/N-ethyl adjacent to an activating group) is 1. The second-order valence-corrected chi connectivity index (χ2v) is 5.95. The Bertz CT molecular complexity index is 601. The average Bonchev–Trinajstić information content (AvgIpc) is 2.90. The van der Waals surface area contributed by atoms with Crippen molar-refractivity contribution >= 4 is 34.7 Å². The maximum atomic E-state index is 11.1. The number of rotatable bonds is 5. The van der Waals surface area contributed by atoms with Crippen LogP contribution in [0, 0.1) is 0 Å². The molecular weight excluding hydrogens is 296 g/mol. The molecule has 20 heavy (non-hydrogen) atoms. The third kappa shape index (κ3) is 3.11. The zero-order valence-electron chi connectivity index (χ0n) is 11.2. The van der Waals surface area contributed by atoms with Gasteiger partial charge in [0.15, 0.2) is 0 Å². The molecule has 0 saturated carbocycles. The molecule has 1 atom stereocenters. The van der Waals surface area contributed by atoms with Gasteiger partial charge >= 0.3 is 5.97 Å². The van der Waals surface area contributed by atoms with Gasteiger partial charge in [-0.05, 0) is 24.4 Å². The predicted octanol–water partition coefficient (Wildman–Crippen LogP) is 3.56. The van der Waals surface area contributed by atoms with E-state index >= 15 is 0 Å². The van der Waals surface area contributed by atoms with Gasteiger partial charge in [-0.2, -0.15) is 0 Å². The summed E-state index contributed by atoms with van der Waals surface area (Å²) in [6, 6.07) is 5.68. The van der Waals surface area contributed by atoms with E-state index in [1.807, 2.05) is 23.4 Å². The molecule has 0 aromatic carbocycles. The van der Waals surface area contributed by atoms with Crippen LogP contribution in [0.2, 0.25) is 5.02 Å². The fraction of sp³-hybridized carbons (Fsp3) is 0.286. The van der Waals surface area contributed by atoms with Crippen molar-refractivity contribution in [1.29, 1.82) is 0 Å². The SMILES string of the molecule is CC(Cc1cccs1)N(C)c1nccc(C(=O)O)c1Cl. The number of carbonyl (C=O) groups is 1.